The first-order valence-corrected chi connectivity index (χ1v) is 11.4. The zero-order valence-corrected chi connectivity index (χ0v) is 17.2. The van der Waals surface area contributed by atoms with Gasteiger partial charge >= 0.3 is 0 Å². The van der Waals surface area contributed by atoms with E-state index in [0.29, 0.717) is 12.8 Å². The van der Waals surface area contributed by atoms with E-state index >= 15 is 0 Å². The highest BCUT2D eigenvalue weighted by Gasteiger charge is 2.34. The summed E-state index contributed by atoms with van der Waals surface area (Å²) in [6.45, 7) is 1.78. The number of hydrogen-bond acceptors (Lipinski definition) is 6. The van der Waals surface area contributed by atoms with Crippen LogP contribution in [0.3, 0.4) is 0 Å². The van der Waals surface area contributed by atoms with Crippen molar-refractivity contribution in [3.8, 4) is 11.5 Å². The van der Waals surface area contributed by atoms with Crippen LogP contribution < -0.4 is 14.4 Å². The number of hydrogen-bond donors (Lipinski definition) is 1. The first-order valence-electron chi connectivity index (χ1n) is 8.99. The lowest BCUT2D eigenvalue weighted by molar-refractivity contribution is -0.927. The third-order valence-corrected chi connectivity index (χ3v) is 6.78. The number of rotatable bonds is 8. The van der Waals surface area contributed by atoms with Crippen molar-refractivity contribution in [2.24, 2.45) is 0 Å². The smallest absolute Gasteiger partial charge is 0.161 e. The minimum atomic E-state index is -4.14. The van der Waals surface area contributed by atoms with Gasteiger partial charge in [0.15, 0.2) is 11.5 Å². The van der Waals surface area contributed by atoms with Crippen molar-refractivity contribution < 1.29 is 27.3 Å². The minimum absolute atomic E-state index is 0.178. The van der Waals surface area contributed by atoms with Gasteiger partial charge in [0.05, 0.1) is 42.3 Å². The summed E-state index contributed by atoms with van der Waals surface area (Å²) in [5.74, 6) is 1.17. The molecule has 3 rings (SSSR count). The molecule has 0 radical (unpaired) electrons. The summed E-state index contributed by atoms with van der Waals surface area (Å²) in [5.41, 5.74) is 2.49. The highest BCUT2D eigenvalue weighted by Crippen LogP contribution is 2.37. The van der Waals surface area contributed by atoms with Crippen molar-refractivity contribution in [3.63, 3.8) is 0 Å². The molecule has 1 aliphatic heterocycles. The average Bonchev–Trinajstić information content (AvgIpc) is 3.17. The number of unbranched alkanes of at least 4 members (excludes halogenated alkanes) is 1. The van der Waals surface area contributed by atoms with E-state index in [2.05, 4.69) is 29.6 Å². The third kappa shape index (κ3) is 4.82. The van der Waals surface area contributed by atoms with Crippen molar-refractivity contribution in [1.29, 1.82) is 0 Å². The monoisotopic (exact) mass is 411 g/mol. The second-order valence-electron chi connectivity index (χ2n) is 6.73. The standard InChI is InChI=1S/C19H25NO5S2/c1-24-16-12-14-7-9-20(8-3-4-11-27(21,22)23)19(18-6-5-10-26-18)15(14)13-17(16)25-2/h5-6,10,12-13,19H,3-4,7-9,11H2,1-2H3,(H,21,22,23)/t19-/m1/s1. The fourth-order valence-corrected chi connectivity index (χ4v) is 5.25. The summed E-state index contributed by atoms with van der Waals surface area (Å²) in [4.78, 5) is 2.66. The molecule has 1 N–H and O–H groups in total. The second kappa shape index (κ2) is 8.60. The van der Waals surface area contributed by atoms with Crippen LogP contribution in [0.25, 0.3) is 0 Å². The number of quaternary nitrogens is 1. The Morgan fingerprint density at radius 3 is 2.59 bits per heavy atom. The van der Waals surface area contributed by atoms with Crippen LogP contribution in [0.1, 0.15) is 34.9 Å². The Morgan fingerprint density at radius 1 is 1.22 bits per heavy atom. The van der Waals surface area contributed by atoms with Gasteiger partial charge in [0.2, 0.25) is 0 Å². The van der Waals surface area contributed by atoms with E-state index in [1.165, 1.54) is 20.9 Å². The van der Waals surface area contributed by atoms with Gasteiger partial charge < -0.3 is 18.9 Å². The minimum Gasteiger partial charge on any atom is -0.748 e. The molecule has 1 unspecified atom stereocenters. The van der Waals surface area contributed by atoms with Crippen LogP contribution in [-0.4, -0.2) is 46.0 Å². The fraction of sp³-hybridized carbons (Fsp3) is 0.474. The quantitative estimate of drug-likeness (QED) is 0.527. The van der Waals surface area contributed by atoms with Gasteiger partial charge in [0.25, 0.3) is 0 Å². The molecule has 2 aromatic rings. The summed E-state index contributed by atoms with van der Waals surface area (Å²) >= 11 is 1.72. The zero-order valence-electron chi connectivity index (χ0n) is 15.6. The maximum absolute atomic E-state index is 10.8. The van der Waals surface area contributed by atoms with E-state index in [-0.39, 0.29) is 11.8 Å². The van der Waals surface area contributed by atoms with Crippen molar-refractivity contribution in [1.82, 2.24) is 0 Å². The van der Waals surface area contributed by atoms with Gasteiger partial charge in [0.1, 0.15) is 6.04 Å². The van der Waals surface area contributed by atoms with Crippen molar-refractivity contribution in [2.45, 2.75) is 25.3 Å². The van der Waals surface area contributed by atoms with Gasteiger partial charge in [-0.15, -0.1) is 11.3 Å². The second-order valence-corrected chi connectivity index (χ2v) is 9.23. The highest BCUT2D eigenvalue weighted by atomic mass is 32.2. The molecule has 27 heavy (non-hydrogen) atoms. The summed E-state index contributed by atoms with van der Waals surface area (Å²) in [5, 5.41) is 2.08. The summed E-state index contributed by atoms with van der Waals surface area (Å²) < 4.78 is 43.5. The van der Waals surface area contributed by atoms with Gasteiger partial charge in [-0.05, 0) is 42.0 Å². The molecule has 1 aliphatic rings. The number of methoxy groups -OCH3 is 2. The number of ether oxygens (including phenoxy) is 2. The predicted octanol–water partition coefficient (Wildman–Crippen LogP) is 1.62. The van der Waals surface area contributed by atoms with Crippen LogP contribution in [0.2, 0.25) is 0 Å². The van der Waals surface area contributed by atoms with Gasteiger partial charge in [-0.1, -0.05) is 6.07 Å². The molecular formula is C19H25NO5S2. The van der Waals surface area contributed by atoms with Crippen LogP contribution in [0.15, 0.2) is 29.6 Å². The fourth-order valence-electron chi connectivity index (χ4n) is 3.79. The van der Waals surface area contributed by atoms with Crippen LogP contribution in [0.5, 0.6) is 11.5 Å². The predicted molar refractivity (Wildman–Crippen MR) is 104 cm³/mol. The molecule has 0 saturated carbocycles. The number of nitrogens with one attached hydrogen (secondary N) is 1. The van der Waals surface area contributed by atoms with Gasteiger partial charge in [-0.25, -0.2) is 8.42 Å². The van der Waals surface area contributed by atoms with E-state index in [9.17, 15) is 13.0 Å². The van der Waals surface area contributed by atoms with Crippen LogP contribution in [0, 0.1) is 0 Å². The molecule has 148 valence electrons. The molecule has 0 bridgehead atoms. The molecule has 0 spiro atoms. The molecule has 6 nitrogen and oxygen atoms in total. The molecule has 8 heteroatoms. The van der Waals surface area contributed by atoms with E-state index in [1.54, 1.807) is 25.6 Å². The van der Waals surface area contributed by atoms with Crippen LogP contribution >= 0.6 is 11.3 Å². The molecule has 1 aromatic heterocycles. The van der Waals surface area contributed by atoms with Crippen LogP contribution in [0.4, 0.5) is 0 Å². The topological polar surface area (TPSA) is 80.1 Å². The van der Waals surface area contributed by atoms with Crippen molar-refractivity contribution in [3.05, 3.63) is 45.6 Å². The highest BCUT2D eigenvalue weighted by molar-refractivity contribution is 7.85. The zero-order chi connectivity index (χ0) is 19.4. The average molecular weight is 412 g/mol. The Balaban J connectivity index is 1.86. The molecule has 2 heterocycles. The molecule has 0 saturated heterocycles. The SMILES string of the molecule is COc1cc2c(cc1OC)[C@H](c1cccs1)[NH+](CCCCS(=O)(=O)[O-])CC2. The lowest BCUT2D eigenvalue weighted by Gasteiger charge is -2.34. The number of thiophene rings is 1. The van der Waals surface area contributed by atoms with E-state index in [1.807, 2.05) is 0 Å². The first kappa shape index (κ1) is 20.1. The van der Waals surface area contributed by atoms with Gasteiger partial charge in [-0.3, -0.25) is 0 Å². The largest absolute Gasteiger partial charge is 0.748 e. The third-order valence-electron chi connectivity index (χ3n) is 5.05. The normalized spacial score (nSPS) is 19.5. The molecule has 0 fully saturated rings. The Hall–Kier alpha value is -1.61. The molecule has 2 atom stereocenters. The summed E-state index contributed by atoms with van der Waals surface area (Å²) in [7, 11) is -0.852. The van der Waals surface area contributed by atoms with Gasteiger partial charge in [-0.2, -0.15) is 0 Å². The van der Waals surface area contributed by atoms with Crippen LogP contribution in [-0.2, 0) is 16.5 Å². The lowest BCUT2D eigenvalue weighted by atomic mass is 9.90. The number of fused-ring (bicyclic) bond motifs is 1. The lowest BCUT2D eigenvalue weighted by Crippen LogP contribution is -3.13. The van der Waals surface area contributed by atoms with E-state index in [4.69, 9.17) is 9.47 Å². The van der Waals surface area contributed by atoms with Crippen molar-refractivity contribution >= 4 is 21.5 Å². The molecular weight excluding hydrogens is 386 g/mol. The maximum atomic E-state index is 10.8. The first-order chi connectivity index (χ1) is 12.9. The Bertz CT molecular complexity index is 864. The van der Waals surface area contributed by atoms with Crippen molar-refractivity contribution in [2.75, 3.05) is 33.1 Å². The maximum Gasteiger partial charge on any atom is 0.161 e. The summed E-state index contributed by atoms with van der Waals surface area (Å²) in [6, 6.07) is 8.51. The Labute approximate surface area is 164 Å². The molecule has 1 aromatic carbocycles. The summed E-state index contributed by atoms with van der Waals surface area (Å²) in [6.07, 6.45) is 2.04. The number of benzene rings is 1. The molecule has 0 amide bonds. The Kier molecular flexibility index (Phi) is 6.41. The van der Waals surface area contributed by atoms with E-state index in [0.717, 1.165) is 31.0 Å². The Morgan fingerprint density at radius 2 is 1.96 bits per heavy atom. The van der Waals surface area contributed by atoms with Gasteiger partial charge in [0, 0.05) is 17.7 Å². The molecule has 0 aliphatic carbocycles. The van der Waals surface area contributed by atoms with E-state index < -0.39 is 10.1 Å².